The Bertz CT molecular complexity index is 31.4. The van der Waals surface area contributed by atoms with Crippen LogP contribution in [0.25, 0.3) is 0 Å². The van der Waals surface area contributed by atoms with E-state index < -0.39 is 12.9 Å². The molecule has 0 aliphatic carbocycles. The van der Waals surface area contributed by atoms with E-state index in [1.807, 2.05) is 0 Å². The van der Waals surface area contributed by atoms with Crippen LogP contribution in [-0.2, 0) is 9.59 Å². The minimum atomic E-state index is -0.500. The number of carbonyl (C=O) groups is 2. The van der Waals surface area contributed by atoms with Crippen LogP contribution in [0.2, 0.25) is 0 Å². The van der Waals surface area contributed by atoms with Crippen molar-refractivity contribution < 1.29 is 25.3 Å². The Morgan fingerprint density at radius 3 is 1.00 bits per heavy atom. The molecule has 0 saturated carbocycles. The Morgan fingerprint density at radius 1 is 1.00 bits per heavy atom. The van der Waals surface area contributed by atoms with Gasteiger partial charge in [-0.15, -0.1) is 0 Å². The first-order valence-electron chi connectivity index (χ1n) is 0.943. The van der Waals surface area contributed by atoms with Crippen LogP contribution in [0.5, 0.6) is 0 Å². The van der Waals surface area contributed by atoms with E-state index in [0.717, 1.165) is 0 Å². The zero-order chi connectivity index (χ0) is 5.41. The smallest absolute Gasteiger partial charge is 0.554 e. The van der Waals surface area contributed by atoms with Gasteiger partial charge in [-0.1, -0.05) is 0 Å². The number of carbonyl (C=O) groups excluding carboxylic acids is 2. The Balaban J connectivity index is -0.0000000160. The van der Waals surface area contributed by atoms with Gasteiger partial charge in [0.2, 0.25) is 0 Å². The van der Waals surface area contributed by atoms with Crippen LogP contribution in [0.3, 0.4) is 0 Å². The topological polar surface area (TPSA) is 112 Å². The van der Waals surface area contributed by atoms with Gasteiger partial charge in [-0.25, -0.2) is 0 Å². The quantitative estimate of drug-likeness (QED) is 0.244. The molecule has 0 atom stereocenters. The minimum absolute atomic E-state index is 0. The van der Waals surface area contributed by atoms with Crippen molar-refractivity contribution in [3.8, 4) is 0 Å². The average molecular weight is 132 g/mol. The molecular formula is C2H4MgO5. The van der Waals surface area contributed by atoms with Crippen LogP contribution in [-0.4, -0.2) is 41.5 Å². The predicted octanol–water partition coefficient (Wildman–Crippen LogP) is -4.47. The third kappa shape index (κ3) is 1110. The zero-order valence-corrected chi connectivity index (χ0v) is 5.41. The maximum Gasteiger partial charge on any atom is 2.00 e. The molecule has 8 heavy (non-hydrogen) atoms. The molecular weight excluding hydrogens is 128 g/mol. The molecule has 0 saturated heterocycles. The van der Waals surface area contributed by atoms with Crippen LogP contribution in [0.1, 0.15) is 0 Å². The fraction of sp³-hybridized carbons (Fsp3) is 0. The van der Waals surface area contributed by atoms with E-state index >= 15 is 0 Å². The fourth-order valence-electron chi connectivity index (χ4n) is 0. The Morgan fingerprint density at radius 2 is 1.00 bits per heavy atom. The molecule has 0 aliphatic rings. The molecule has 0 rings (SSSR count). The van der Waals surface area contributed by atoms with Gasteiger partial charge in [0.05, 0.1) is 0 Å². The van der Waals surface area contributed by atoms with Gasteiger partial charge >= 0.3 is 23.1 Å². The number of carboxylic acid groups (broad SMARTS) is 2. The van der Waals surface area contributed by atoms with Crippen LogP contribution < -0.4 is 10.2 Å². The van der Waals surface area contributed by atoms with Gasteiger partial charge in [0.1, 0.15) is 0 Å². The molecule has 0 unspecified atom stereocenters. The summed E-state index contributed by atoms with van der Waals surface area (Å²) in [5, 5.41) is 16.5. The second-order valence-corrected chi connectivity index (χ2v) is 0.192. The van der Waals surface area contributed by atoms with Gasteiger partial charge in [-0.05, 0) is 0 Å². The number of hydrogen-bond donors (Lipinski definition) is 0. The summed E-state index contributed by atoms with van der Waals surface area (Å²) in [7, 11) is 0. The fourth-order valence-corrected chi connectivity index (χ4v) is 0. The largest absolute Gasteiger partial charge is 2.00 e. The van der Waals surface area contributed by atoms with E-state index in [-0.39, 0.29) is 28.5 Å². The Hall–Kier alpha value is -0.334. The summed E-state index contributed by atoms with van der Waals surface area (Å²) >= 11 is 0. The minimum Gasteiger partial charge on any atom is -0.554 e. The first-order valence-corrected chi connectivity index (χ1v) is 0.943. The van der Waals surface area contributed by atoms with Crippen molar-refractivity contribution in [1.29, 1.82) is 0 Å². The monoisotopic (exact) mass is 132 g/mol. The summed E-state index contributed by atoms with van der Waals surface area (Å²) < 4.78 is 0. The second-order valence-electron chi connectivity index (χ2n) is 0.192. The summed E-state index contributed by atoms with van der Waals surface area (Å²) in [6.07, 6.45) is 0. The van der Waals surface area contributed by atoms with Crippen LogP contribution in [0.4, 0.5) is 0 Å². The van der Waals surface area contributed by atoms with Crippen molar-refractivity contribution in [2.75, 3.05) is 0 Å². The summed E-state index contributed by atoms with van der Waals surface area (Å²) in [4.78, 5) is 16.5. The summed E-state index contributed by atoms with van der Waals surface area (Å²) in [5.41, 5.74) is 0. The molecule has 0 bridgehead atoms. The SMILES string of the molecule is O.O=C[O-].O=C[O-].[Mg+2]. The molecule has 44 valence electrons. The van der Waals surface area contributed by atoms with Crippen LogP contribution in [0.15, 0.2) is 0 Å². The summed E-state index contributed by atoms with van der Waals surface area (Å²) in [6.45, 7) is -1.00. The molecule has 6 heteroatoms. The van der Waals surface area contributed by atoms with Crippen molar-refractivity contribution in [1.82, 2.24) is 0 Å². The maximum absolute atomic E-state index is 8.25. The molecule has 0 amide bonds. The Kier molecular flexibility index (Phi) is 244. The van der Waals surface area contributed by atoms with E-state index in [4.69, 9.17) is 19.8 Å². The molecule has 0 aromatic rings. The van der Waals surface area contributed by atoms with Crippen LogP contribution >= 0.6 is 0 Å². The third-order valence-electron chi connectivity index (χ3n) is 0. The average Bonchev–Trinajstić information content (AvgIpc) is 1.39. The second kappa shape index (κ2) is 77.1. The van der Waals surface area contributed by atoms with Crippen LogP contribution in [0, 0.1) is 0 Å². The summed E-state index contributed by atoms with van der Waals surface area (Å²) in [6, 6.07) is 0. The van der Waals surface area contributed by atoms with E-state index in [1.54, 1.807) is 0 Å². The van der Waals surface area contributed by atoms with E-state index in [2.05, 4.69) is 0 Å². The zero-order valence-electron chi connectivity index (χ0n) is 3.99. The van der Waals surface area contributed by atoms with Crippen molar-refractivity contribution >= 4 is 36.0 Å². The number of hydrogen-bond acceptors (Lipinski definition) is 4. The van der Waals surface area contributed by atoms with Gasteiger partial charge in [-0.3, -0.25) is 0 Å². The van der Waals surface area contributed by atoms with Crippen molar-refractivity contribution in [3.05, 3.63) is 0 Å². The van der Waals surface area contributed by atoms with Gasteiger partial charge in [0.25, 0.3) is 0 Å². The normalized spacial score (nSPS) is 3.00. The molecule has 0 radical (unpaired) electrons. The molecule has 0 spiro atoms. The Labute approximate surface area is 61.8 Å². The van der Waals surface area contributed by atoms with E-state index in [9.17, 15) is 0 Å². The third-order valence-corrected chi connectivity index (χ3v) is 0. The van der Waals surface area contributed by atoms with E-state index in [1.165, 1.54) is 0 Å². The molecule has 0 aromatic heterocycles. The van der Waals surface area contributed by atoms with Crippen molar-refractivity contribution in [2.24, 2.45) is 0 Å². The molecule has 0 fully saturated rings. The maximum atomic E-state index is 8.25. The van der Waals surface area contributed by atoms with Crippen molar-refractivity contribution in [3.63, 3.8) is 0 Å². The predicted molar refractivity (Wildman–Crippen MR) is 21.5 cm³/mol. The molecule has 0 aliphatic heterocycles. The molecule has 2 N–H and O–H groups in total. The summed E-state index contributed by atoms with van der Waals surface area (Å²) in [5.74, 6) is 0. The molecule has 0 aromatic carbocycles. The van der Waals surface area contributed by atoms with Crippen molar-refractivity contribution in [2.45, 2.75) is 0 Å². The first-order chi connectivity index (χ1) is 2.83. The molecule has 5 nitrogen and oxygen atoms in total. The standard InChI is InChI=1S/2CH2O2.Mg.H2O/c2*2-1-3;;/h2*1H,(H,2,3);;1H2/q;;+2;/p-2. The van der Waals surface area contributed by atoms with Gasteiger partial charge in [-0.2, -0.15) is 0 Å². The van der Waals surface area contributed by atoms with Gasteiger partial charge in [0.15, 0.2) is 0 Å². The van der Waals surface area contributed by atoms with E-state index in [0.29, 0.717) is 0 Å². The first kappa shape index (κ1) is 25.3. The van der Waals surface area contributed by atoms with Gasteiger partial charge < -0.3 is 25.3 Å². The number of rotatable bonds is 0. The molecule has 0 heterocycles. The van der Waals surface area contributed by atoms with Gasteiger partial charge in [0, 0.05) is 12.9 Å².